The van der Waals surface area contributed by atoms with E-state index < -0.39 is 0 Å². The van der Waals surface area contributed by atoms with Gasteiger partial charge in [0.2, 0.25) is 5.91 Å². The highest BCUT2D eigenvalue weighted by Crippen LogP contribution is 2.22. The molecule has 2 aromatic rings. The van der Waals surface area contributed by atoms with Gasteiger partial charge >= 0.3 is 0 Å². The quantitative estimate of drug-likeness (QED) is 0.550. The number of imide groups is 1. The van der Waals surface area contributed by atoms with Crippen molar-refractivity contribution in [3.8, 4) is 0 Å². The van der Waals surface area contributed by atoms with Gasteiger partial charge < -0.3 is 10.6 Å². The van der Waals surface area contributed by atoms with Crippen molar-refractivity contribution in [3.63, 3.8) is 0 Å². The Labute approximate surface area is 166 Å². The molecule has 1 heterocycles. The normalized spacial score (nSPS) is 12.7. The molecule has 0 atom stereocenters. The third-order valence-electron chi connectivity index (χ3n) is 4.23. The average Bonchev–Trinajstić information content (AvgIpc) is 2.96. The summed E-state index contributed by atoms with van der Waals surface area (Å²) >= 11 is 1.34. The first-order valence-electron chi connectivity index (χ1n) is 8.66. The smallest absolute Gasteiger partial charge is 0.261 e. The van der Waals surface area contributed by atoms with E-state index in [0.717, 1.165) is 0 Å². The summed E-state index contributed by atoms with van der Waals surface area (Å²) < 4.78 is 0. The van der Waals surface area contributed by atoms with E-state index in [1.165, 1.54) is 16.7 Å². The van der Waals surface area contributed by atoms with Crippen molar-refractivity contribution < 1.29 is 19.2 Å². The molecule has 0 bridgehead atoms. The second-order valence-corrected chi connectivity index (χ2v) is 7.17. The molecule has 0 saturated carbocycles. The lowest BCUT2D eigenvalue weighted by Crippen LogP contribution is -2.32. The Bertz CT molecular complexity index is 892. The van der Waals surface area contributed by atoms with Crippen LogP contribution in [0.25, 0.3) is 0 Å². The van der Waals surface area contributed by atoms with Crippen LogP contribution < -0.4 is 10.6 Å². The van der Waals surface area contributed by atoms with Crippen LogP contribution in [-0.4, -0.2) is 53.6 Å². The Balaban J connectivity index is 1.43. The minimum atomic E-state index is -0.290. The van der Waals surface area contributed by atoms with E-state index in [0.29, 0.717) is 28.1 Å². The molecule has 8 heteroatoms. The van der Waals surface area contributed by atoms with Gasteiger partial charge in [0.25, 0.3) is 17.7 Å². The van der Waals surface area contributed by atoms with E-state index in [4.69, 9.17) is 0 Å². The highest BCUT2D eigenvalue weighted by molar-refractivity contribution is 7.99. The number of hydrogen-bond donors (Lipinski definition) is 2. The molecule has 0 spiro atoms. The maximum Gasteiger partial charge on any atom is 0.261 e. The number of anilines is 1. The zero-order chi connectivity index (χ0) is 20.1. The standard InChI is InChI=1S/C20H19N3O4S/c1-21-18(25)13-6-8-14(9-7-13)22-17(24)12-28-11-10-23-19(26)15-4-2-3-5-16(15)20(23)27/h2-9H,10-12H2,1H3,(H,21,25)(H,22,24). The number of fused-ring (bicyclic) bond motifs is 1. The number of nitrogens with zero attached hydrogens (tertiary/aromatic N) is 1. The molecular formula is C20H19N3O4S. The number of carbonyl (C=O) groups is 4. The fourth-order valence-electron chi connectivity index (χ4n) is 2.81. The number of benzene rings is 2. The minimum absolute atomic E-state index is 0.193. The van der Waals surface area contributed by atoms with E-state index in [1.54, 1.807) is 55.6 Å². The van der Waals surface area contributed by atoms with Gasteiger partial charge in [-0.15, -0.1) is 0 Å². The van der Waals surface area contributed by atoms with Crippen LogP contribution >= 0.6 is 11.8 Å². The lowest BCUT2D eigenvalue weighted by Gasteiger charge is -2.13. The first-order valence-corrected chi connectivity index (χ1v) is 9.81. The number of thioether (sulfide) groups is 1. The highest BCUT2D eigenvalue weighted by Gasteiger charge is 2.34. The summed E-state index contributed by atoms with van der Waals surface area (Å²) in [6.07, 6.45) is 0. The molecule has 0 aromatic heterocycles. The van der Waals surface area contributed by atoms with E-state index in [-0.39, 0.29) is 35.9 Å². The molecule has 7 nitrogen and oxygen atoms in total. The maximum atomic E-state index is 12.3. The zero-order valence-corrected chi connectivity index (χ0v) is 16.0. The predicted octanol–water partition coefficient (Wildman–Crippen LogP) is 2.01. The summed E-state index contributed by atoms with van der Waals surface area (Å²) in [5.41, 5.74) is 1.96. The topological polar surface area (TPSA) is 95.6 Å². The van der Waals surface area contributed by atoms with Gasteiger partial charge in [-0.3, -0.25) is 24.1 Å². The highest BCUT2D eigenvalue weighted by atomic mass is 32.2. The predicted molar refractivity (Wildman–Crippen MR) is 108 cm³/mol. The molecule has 4 amide bonds. The monoisotopic (exact) mass is 397 g/mol. The lowest BCUT2D eigenvalue weighted by molar-refractivity contribution is -0.113. The second kappa shape index (κ2) is 8.71. The van der Waals surface area contributed by atoms with Gasteiger partial charge in [-0.05, 0) is 36.4 Å². The summed E-state index contributed by atoms with van der Waals surface area (Å²) in [6.45, 7) is 0.255. The molecular weight excluding hydrogens is 378 g/mol. The fourth-order valence-corrected chi connectivity index (χ4v) is 3.52. The second-order valence-electron chi connectivity index (χ2n) is 6.06. The minimum Gasteiger partial charge on any atom is -0.355 e. The molecule has 3 rings (SSSR count). The summed E-state index contributed by atoms with van der Waals surface area (Å²) in [7, 11) is 1.55. The van der Waals surface area contributed by atoms with Gasteiger partial charge in [0.15, 0.2) is 0 Å². The third-order valence-corrected chi connectivity index (χ3v) is 5.17. The molecule has 28 heavy (non-hydrogen) atoms. The number of rotatable bonds is 7. The maximum absolute atomic E-state index is 12.3. The molecule has 0 radical (unpaired) electrons. The van der Waals surface area contributed by atoms with Crippen molar-refractivity contribution in [3.05, 3.63) is 65.2 Å². The average molecular weight is 397 g/mol. The molecule has 2 aromatic carbocycles. The van der Waals surface area contributed by atoms with Gasteiger partial charge in [-0.25, -0.2) is 0 Å². The van der Waals surface area contributed by atoms with Crippen LogP contribution in [0.15, 0.2) is 48.5 Å². The first-order chi connectivity index (χ1) is 13.5. The largest absolute Gasteiger partial charge is 0.355 e. The Hall–Kier alpha value is -3.13. The van der Waals surface area contributed by atoms with Crippen LogP contribution in [0.1, 0.15) is 31.1 Å². The van der Waals surface area contributed by atoms with E-state index in [1.807, 2.05) is 0 Å². The van der Waals surface area contributed by atoms with Crippen LogP contribution in [0.2, 0.25) is 0 Å². The molecule has 1 aliphatic rings. The summed E-state index contributed by atoms with van der Waals surface area (Å²) in [5, 5.41) is 5.28. The number of hydrogen-bond acceptors (Lipinski definition) is 5. The molecule has 0 saturated heterocycles. The SMILES string of the molecule is CNC(=O)c1ccc(NC(=O)CSCCN2C(=O)c3ccccc3C2=O)cc1. The van der Waals surface area contributed by atoms with E-state index in [2.05, 4.69) is 10.6 Å². The van der Waals surface area contributed by atoms with Gasteiger partial charge in [0.05, 0.1) is 16.9 Å². The van der Waals surface area contributed by atoms with Crippen LogP contribution in [0.4, 0.5) is 5.69 Å². The molecule has 0 unspecified atom stereocenters. The Morgan fingerprint density at radius 1 is 0.964 bits per heavy atom. The van der Waals surface area contributed by atoms with Gasteiger partial charge in [-0.2, -0.15) is 11.8 Å². The fraction of sp³-hybridized carbons (Fsp3) is 0.200. The van der Waals surface area contributed by atoms with Crippen molar-refractivity contribution in [2.24, 2.45) is 0 Å². The van der Waals surface area contributed by atoms with E-state index >= 15 is 0 Å². The Morgan fingerprint density at radius 3 is 2.14 bits per heavy atom. The molecule has 144 valence electrons. The molecule has 0 aliphatic carbocycles. The van der Waals surface area contributed by atoms with Gasteiger partial charge in [0, 0.05) is 30.6 Å². The van der Waals surface area contributed by atoms with Gasteiger partial charge in [0.1, 0.15) is 0 Å². The van der Waals surface area contributed by atoms with Crippen LogP contribution in [0, 0.1) is 0 Å². The summed E-state index contributed by atoms with van der Waals surface area (Å²) in [5.74, 6) is -0.306. The van der Waals surface area contributed by atoms with Gasteiger partial charge in [-0.1, -0.05) is 12.1 Å². The first kappa shape index (κ1) is 19.6. The lowest BCUT2D eigenvalue weighted by atomic mass is 10.1. The van der Waals surface area contributed by atoms with Crippen molar-refractivity contribution in [2.75, 3.05) is 30.4 Å². The Morgan fingerprint density at radius 2 is 1.57 bits per heavy atom. The molecule has 2 N–H and O–H groups in total. The van der Waals surface area contributed by atoms with Crippen LogP contribution in [-0.2, 0) is 4.79 Å². The molecule has 0 fully saturated rings. The summed E-state index contributed by atoms with van der Waals surface area (Å²) in [6, 6.07) is 13.3. The van der Waals surface area contributed by atoms with Crippen molar-refractivity contribution >= 4 is 41.1 Å². The van der Waals surface area contributed by atoms with Crippen LogP contribution in [0.3, 0.4) is 0 Å². The number of amides is 4. The Kier molecular flexibility index (Phi) is 6.10. The van der Waals surface area contributed by atoms with Crippen molar-refractivity contribution in [1.82, 2.24) is 10.2 Å². The van der Waals surface area contributed by atoms with Crippen LogP contribution in [0.5, 0.6) is 0 Å². The van der Waals surface area contributed by atoms with Crippen molar-refractivity contribution in [2.45, 2.75) is 0 Å². The van der Waals surface area contributed by atoms with E-state index in [9.17, 15) is 19.2 Å². The zero-order valence-electron chi connectivity index (χ0n) is 15.2. The number of nitrogens with one attached hydrogen (secondary N) is 2. The third kappa shape index (κ3) is 4.23. The van der Waals surface area contributed by atoms with Crippen molar-refractivity contribution in [1.29, 1.82) is 0 Å². The summed E-state index contributed by atoms with van der Waals surface area (Å²) in [4.78, 5) is 49.3. The molecule has 1 aliphatic heterocycles. The number of carbonyl (C=O) groups excluding carboxylic acids is 4.